The van der Waals surface area contributed by atoms with E-state index in [1.165, 1.54) is 0 Å². The minimum Gasteiger partial charge on any atom is -0.256 e. The van der Waals surface area contributed by atoms with Crippen LogP contribution in [0.3, 0.4) is 0 Å². The van der Waals surface area contributed by atoms with E-state index < -0.39 is 5.67 Å². The second kappa shape index (κ2) is 4.28. The number of pyridine rings is 1. The highest BCUT2D eigenvalue weighted by atomic mass is 19.1. The van der Waals surface area contributed by atoms with Crippen molar-refractivity contribution in [1.82, 2.24) is 4.98 Å². The number of hydrogen-bond acceptors (Lipinski definition) is 1. The first-order valence-electron chi connectivity index (χ1n) is 5.70. The second-order valence-electron chi connectivity index (χ2n) is 4.74. The maximum atomic E-state index is 14.2. The molecule has 0 radical (unpaired) electrons. The molecule has 0 amide bonds. The third-order valence-corrected chi connectivity index (χ3v) is 2.76. The predicted octanol–water partition coefficient (Wildman–Crippen LogP) is 4.26. The van der Waals surface area contributed by atoms with Gasteiger partial charge in [0.2, 0.25) is 0 Å². The van der Waals surface area contributed by atoms with Gasteiger partial charge in [-0.05, 0) is 38.5 Å². The van der Waals surface area contributed by atoms with E-state index in [1.54, 1.807) is 20.0 Å². The summed E-state index contributed by atoms with van der Waals surface area (Å²) in [6.07, 6.45) is 1.73. The molecule has 0 atom stereocenters. The number of nitrogens with zero attached hydrogens (tertiary/aromatic N) is 1. The molecule has 0 aliphatic carbocycles. The fourth-order valence-corrected chi connectivity index (χ4v) is 1.90. The maximum absolute atomic E-state index is 14.2. The Morgan fingerprint density at radius 2 is 1.88 bits per heavy atom. The van der Waals surface area contributed by atoms with Gasteiger partial charge in [-0.1, -0.05) is 29.8 Å². The third-order valence-electron chi connectivity index (χ3n) is 2.76. The van der Waals surface area contributed by atoms with Crippen LogP contribution >= 0.6 is 0 Å². The van der Waals surface area contributed by atoms with Crippen LogP contribution in [0.25, 0.3) is 11.3 Å². The highest BCUT2D eigenvalue weighted by Gasteiger charge is 2.23. The van der Waals surface area contributed by atoms with E-state index in [4.69, 9.17) is 0 Å². The lowest BCUT2D eigenvalue weighted by Gasteiger charge is -2.19. The molecular formula is C15H16FN. The van der Waals surface area contributed by atoms with Crippen LogP contribution in [-0.2, 0) is 5.67 Å². The van der Waals surface area contributed by atoms with E-state index in [0.29, 0.717) is 5.56 Å². The summed E-state index contributed by atoms with van der Waals surface area (Å²) < 4.78 is 14.2. The molecule has 0 spiro atoms. The van der Waals surface area contributed by atoms with Gasteiger partial charge in [-0.2, -0.15) is 0 Å². The molecule has 0 saturated heterocycles. The van der Waals surface area contributed by atoms with Crippen LogP contribution in [0.5, 0.6) is 0 Å². The zero-order valence-electron chi connectivity index (χ0n) is 10.4. The zero-order valence-corrected chi connectivity index (χ0v) is 10.4. The van der Waals surface area contributed by atoms with Gasteiger partial charge in [-0.3, -0.25) is 4.98 Å². The van der Waals surface area contributed by atoms with Crippen molar-refractivity contribution in [2.45, 2.75) is 26.4 Å². The quantitative estimate of drug-likeness (QED) is 0.749. The van der Waals surface area contributed by atoms with Gasteiger partial charge in [0, 0.05) is 11.8 Å². The van der Waals surface area contributed by atoms with Gasteiger partial charge in [-0.15, -0.1) is 0 Å². The van der Waals surface area contributed by atoms with Crippen molar-refractivity contribution in [3.63, 3.8) is 0 Å². The number of benzene rings is 1. The molecule has 0 N–H and O–H groups in total. The van der Waals surface area contributed by atoms with E-state index in [0.717, 1.165) is 16.8 Å². The first kappa shape index (κ1) is 11.8. The van der Waals surface area contributed by atoms with Crippen LogP contribution in [0, 0.1) is 6.92 Å². The Balaban J connectivity index is 2.63. The molecule has 0 aliphatic heterocycles. The molecule has 1 nitrogen and oxygen atoms in total. The number of aromatic nitrogens is 1. The van der Waals surface area contributed by atoms with Crippen molar-refractivity contribution in [3.8, 4) is 11.3 Å². The van der Waals surface area contributed by atoms with Gasteiger partial charge in [0.1, 0.15) is 5.67 Å². The molecule has 2 heteroatoms. The van der Waals surface area contributed by atoms with E-state index in [-0.39, 0.29) is 0 Å². The SMILES string of the molecule is Cc1ccc(-c2ccccn2)c(C(C)(C)F)c1. The van der Waals surface area contributed by atoms with E-state index in [1.807, 2.05) is 43.3 Å². The summed E-state index contributed by atoms with van der Waals surface area (Å²) in [5.41, 5.74) is 2.07. The Hall–Kier alpha value is -1.70. The van der Waals surface area contributed by atoms with Gasteiger partial charge < -0.3 is 0 Å². The minimum atomic E-state index is -1.36. The predicted molar refractivity (Wildman–Crippen MR) is 68.5 cm³/mol. The van der Waals surface area contributed by atoms with E-state index >= 15 is 0 Å². The monoisotopic (exact) mass is 229 g/mol. The van der Waals surface area contributed by atoms with Crippen LogP contribution in [0.2, 0.25) is 0 Å². The molecule has 1 heterocycles. The Kier molecular flexibility index (Phi) is 2.97. The molecule has 2 rings (SSSR count). The highest BCUT2D eigenvalue weighted by Crippen LogP contribution is 2.33. The molecule has 0 fully saturated rings. The normalized spacial score (nSPS) is 11.5. The average Bonchev–Trinajstić information content (AvgIpc) is 2.29. The Bertz CT molecular complexity index is 512. The van der Waals surface area contributed by atoms with Crippen molar-refractivity contribution in [2.24, 2.45) is 0 Å². The van der Waals surface area contributed by atoms with Crippen molar-refractivity contribution in [3.05, 3.63) is 53.7 Å². The summed E-state index contributed by atoms with van der Waals surface area (Å²) in [4.78, 5) is 4.29. The van der Waals surface area contributed by atoms with Gasteiger partial charge in [0.05, 0.1) is 5.69 Å². The molecule has 0 aliphatic rings. The van der Waals surface area contributed by atoms with Crippen LogP contribution in [0.15, 0.2) is 42.6 Å². The third kappa shape index (κ3) is 2.52. The largest absolute Gasteiger partial charge is 0.256 e. The lowest BCUT2D eigenvalue weighted by atomic mass is 9.91. The highest BCUT2D eigenvalue weighted by molar-refractivity contribution is 5.65. The summed E-state index contributed by atoms with van der Waals surface area (Å²) >= 11 is 0. The fourth-order valence-electron chi connectivity index (χ4n) is 1.90. The molecular weight excluding hydrogens is 213 g/mol. The molecule has 1 aromatic carbocycles. The summed E-state index contributed by atoms with van der Waals surface area (Å²) in [6.45, 7) is 5.12. The summed E-state index contributed by atoms with van der Waals surface area (Å²) in [6, 6.07) is 11.5. The van der Waals surface area contributed by atoms with Crippen molar-refractivity contribution in [2.75, 3.05) is 0 Å². The number of hydrogen-bond donors (Lipinski definition) is 0. The lowest BCUT2D eigenvalue weighted by molar-refractivity contribution is 0.222. The minimum absolute atomic E-state index is 0.691. The lowest BCUT2D eigenvalue weighted by Crippen LogP contribution is -2.11. The van der Waals surface area contributed by atoms with Crippen molar-refractivity contribution < 1.29 is 4.39 Å². The smallest absolute Gasteiger partial charge is 0.131 e. The van der Waals surface area contributed by atoms with Crippen LogP contribution in [0.1, 0.15) is 25.0 Å². The molecule has 0 unspecified atom stereocenters. The topological polar surface area (TPSA) is 12.9 Å². The molecule has 2 aromatic rings. The first-order chi connectivity index (χ1) is 7.98. The molecule has 0 saturated carbocycles. The van der Waals surface area contributed by atoms with Crippen LogP contribution < -0.4 is 0 Å². The number of aryl methyl sites for hydroxylation is 1. The standard InChI is InChI=1S/C15H16FN/c1-11-7-8-12(13(10-11)15(2,3)16)14-6-4-5-9-17-14/h4-10H,1-3H3. The zero-order chi connectivity index (χ0) is 12.5. The van der Waals surface area contributed by atoms with Crippen molar-refractivity contribution in [1.29, 1.82) is 0 Å². The number of rotatable bonds is 2. The second-order valence-corrected chi connectivity index (χ2v) is 4.74. The summed E-state index contributed by atoms with van der Waals surface area (Å²) in [5.74, 6) is 0. The molecule has 1 aromatic heterocycles. The Labute approximate surface area is 101 Å². The van der Waals surface area contributed by atoms with Crippen molar-refractivity contribution >= 4 is 0 Å². The average molecular weight is 229 g/mol. The van der Waals surface area contributed by atoms with Gasteiger partial charge >= 0.3 is 0 Å². The van der Waals surface area contributed by atoms with Gasteiger partial charge in [0.15, 0.2) is 0 Å². The molecule has 17 heavy (non-hydrogen) atoms. The van der Waals surface area contributed by atoms with Crippen LogP contribution in [0.4, 0.5) is 4.39 Å². The Morgan fingerprint density at radius 1 is 1.12 bits per heavy atom. The van der Waals surface area contributed by atoms with E-state index in [2.05, 4.69) is 4.98 Å². The Morgan fingerprint density at radius 3 is 2.47 bits per heavy atom. The van der Waals surface area contributed by atoms with Gasteiger partial charge in [-0.25, -0.2) is 4.39 Å². The maximum Gasteiger partial charge on any atom is 0.131 e. The number of alkyl halides is 1. The fraction of sp³-hybridized carbons (Fsp3) is 0.267. The summed E-state index contributed by atoms with van der Waals surface area (Å²) in [5, 5.41) is 0. The first-order valence-corrected chi connectivity index (χ1v) is 5.70. The van der Waals surface area contributed by atoms with E-state index in [9.17, 15) is 4.39 Å². The summed E-state index contributed by atoms with van der Waals surface area (Å²) in [7, 11) is 0. The molecule has 0 bridgehead atoms. The number of halogens is 1. The van der Waals surface area contributed by atoms with Crippen LogP contribution in [-0.4, -0.2) is 4.98 Å². The van der Waals surface area contributed by atoms with Gasteiger partial charge in [0.25, 0.3) is 0 Å². The molecule has 88 valence electrons.